The number of nitrogens with one attached hydrogen (secondary N) is 1. The number of amides is 1. The molecule has 1 aromatic rings. The largest absolute Gasteiger partial charge is 0.349 e. The third-order valence-corrected chi connectivity index (χ3v) is 3.28. The molecule has 0 radical (unpaired) electrons. The van der Waals surface area contributed by atoms with Gasteiger partial charge in [0.25, 0.3) is 5.91 Å². The van der Waals surface area contributed by atoms with Gasteiger partial charge in [0.1, 0.15) is 0 Å². The van der Waals surface area contributed by atoms with Gasteiger partial charge >= 0.3 is 0 Å². The van der Waals surface area contributed by atoms with Gasteiger partial charge in [-0.15, -0.1) is 0 Å². The molecule has 1 amide bonds. The highest BCUT2D eigenvalue weighted by Gasteiger charge is 2.16. The lowest BCUT2D eigenvalue weighted by molar-refractivity contribution is 0.0934. The third kappa shape index (κ3) is 3.20. The second kappa shape index (κ2) is 6.36. The summed E-state index contributed by atoms with van der Waals surface area (Å²) < 4.78 is 0. The number of hydrogen-bond acceptors (Lipinski definition) is 2. The number of carbonyl (C=O) groups excluding carboxylic acids is 1. The fraction of sp³-hybridized carbons (Fsp3) is 0.400. The summed E-state index contributed by atoms with van der Waals surface area (Å²) in [5.41, 5.74) is 7.37. The van der Waals surface area contributed by atoms with E-state index >= 15 is 0 Å². The second-order valence-electron chi connectivity index (χ2n) is 4.65. The summed E-state index contributed by atoms with van der Waals surface area (Å²) in [7, 11) is 0. The van der Waals surface area contributed by atoms with E-state index in [2.05, 4.69) is 17.5 Å². The van der Waals surface area contributed by atoms with Crippen LogP contribution >= 0.6 is 0 Å². The Hall–Kier alpha value is -1.61. The highest BCUT2D eigenvalue weighted by atomic mass is 16.1. The van der Waals surface area contributed by atoms with Crippen LogP contribution in [0.1, 0.15) is 35.2 Å². The summed E-state index contributed by atoms with van der Waals surface area (Å²) >= 11 is 0. The van der Waals surface area contributed by atoms with Crippen molar-refractivity contribution >= 4 is 5.91 Å². The van der Waals surface area contributed by atoms with Crippen LogP contribution in [0, 0.1) is 0 Å². The molecule has 0 spiro atoms. The fourth-order valence-electron chi connectivity index (χ4n) is 2.30. The first-order valence-electron chi connectivity index (χ1n) is 6.55. The molecule has 0 heterocycles. The van der Waals surface area contributed by atoms with Crippen molar-refractivity contribution < 1.29 is 4.79 Å². The van der Waals surface area contributed by atoms with E-state index in [4.69, 9.17) is 5.73 Å². The molecule has 0 fully saturated rings. The van der Waals surface area contributed by atoms with Gasteiger partial charge in [0.15, 0.2) is 0 Å². The smallest absolute Gasteiger partial charge is 0.251 e. The summed E-state index contributed by atoms with van der Waals surface area (Å²) in [6.07, 6.45) is 8.07. The lowest BCUT2D eigenvalue weighted by Crippen LogP contribution is -2.35. The molecule has 2 rings (SSSR count). The SMILES string of the molecule is NCCc1ccccc1C(=O)NC1CC=CCC1. The highest BCUT2D eigenvalue weighted by molar-refractivity contribution is 5.95. The normalized spacial score (nSPS) is 18.6. The molecule has 18 heavy (non-hydrogen) atoms. The molecular formula is C15H20N2O. The Morgan fingerprint density at radius 2 is 2.17 bits per heavy atom. The van der Waals surface area contributed by atoms with E-state index in [1.807, 2.05) is 24.3 Å². The van der Waals surface area contributed by atoms with Crippen molar-refractivity contribution in [3.8, 4) is 0 Å². The van der Waals surface area contributed by atoms with E-state index in [1.54, 1.807) is 0 Å². The number of carbonyl (C=O) groups is 1. The minimum Gasteiger partial charge on any atom is -0.349 e. The Bertz CT molecular complexity index is 440. The Labute approximate surface area is 108 Å². The van der Waals surface area contributed by atoms with Crippen molar-refractivity contribution in [3.05, 3.63) is 47.5 Å². The summed E-state index contributed by atoms with van der Waals surface area (Å²) in [6.45, 7) is 0.566. The van der Waals surface area contributed by atoms with E-state index in [1.165, 1.54) is 0 Å². The molecule has 3 N–H and O–H groups in total. The van der Waals surface area contributed by atoms with Crippen molar-refractivity contribution in [1.29, 1.82) is 0 Å². The predicted octanol–water partition coefficient (Wildman–Crippen LogP) is 2.03. The van der Waals surface area contributed by atoms with Crippen LogP contribution in [0.25, 0.3) is 0 Å². The third-order valence-electron chi connectivity index (χ3n) is 3.28. The number of rotatable bonds is 4. The quantitative estimate of drug-likeness (QED) is 0.796. The van der Waals surface area contributed by atoms with Crippen LogP contribution in [-0.2, 0) is 6.42 Å². The summed E-state index contributed by atoms with van der Waals surface area (Å²) in [6, 6.07) is 7.97. The molecule has 1 unspecified atom stereocenters. The lowest BCUT2D eigenvalue weighted by atomic mass is 10.00. The average molecular weight is 244 g/mol. The van der Waals surface area contributed by atoms with Crippen LogP contribution in [-0.4, -0.2) is 18.5 Å². The maximum Gasteiger partial charge on any atom is 0.251 e. The van der Waals surface area contributed by atoms with Gasteiger partial charge in [0.05, 0.1) is 0 Å². The lowest BCUT2D eigenvalue weighted by Gasteiger charge is -2.20. The average Bonchev–Trinajstić information content (AvgIpc) is 2.41. The first kappa shape index (κ1) is 12.8. The van der Waals surface area contributed by atoms with E-state index in [-0.39, 0.29) is 11.9 Å². The maximum atomic E-state index is 12.2. The van der Waals surface area contributed by atoms with Crippen molar-refractivity contribution in [2.75, 3.05) is 6.54 Å². The van der Waals surface area contributed by atoms with Crippen LogP contribution in [0.2, 0.25) is 0 Å². The van der Waals surface area contributed by atoms with E-state index in [0.29, 0.717) is 6.54 Å². The molecule has 0 aliphatic heterocycles. The molecule has 1 aromatic carbocycles. The molecule has 0 aromatic heterocycles. The topological polar surface area (TPSA) is 55.1 Å². The van der Waals surface area contributed by atoms with Gasteiger partial charge in [0.2, 0.25) is 0 Å². The van der Waals surface area contributed by atoms with Crippen molar-refractivity contribution in [2.24, 2.45) is 5.73 Å². The minimum absolute atomic E-state index is 0.0272. The number of hydrogen-bond donors (Lipinski definition) is 2. The van der Waals surface area contributed by atoms with Crippen LogP contribution in [0.15, 0.2) is 36.4 Å². The number of benzene rings is 1. The summed E-state index contributed by atoms with van der Waals surface area (Å²) in [5.74, 6) is 0.0272. The summed E-state index contributed by atoms with van der Waals surface area (Å²) in [4.78, 5) is 12.2. The van der Waals surface area contributed by atoms with Gasteiger partial charge in [-0.1, -0.05) is 30.4 Å². The monoisotopic (exact) mass is 244 g/mol. The zero-order valence-corrected chi connectivity index (χ0v) is 10.6. The number of nitrogens with two attached hydrogens (primary N) is 1. The van der Waals surface area contributed by atoms with Gasteiger partial charge in [0, 0.05) is 11.6 Å². The first-order chi connectivity index (χ1) is 8.81. The Morgan fingerprint density at radius 1 is 1.33 bits per heavy atom. The van der Waals surface area contributed by atoms with Gasteiger partial charge in [-0.25, -0.2) is 0 Å². The Kier molecular flexibility index (Phi) is 4.53. The van der Waals surface area contributed by atoms with Gasteiger partial charge < -0.3 is 11.1 Å². The molecule has 1 atom stereocenters. The molecule has 96 valence electrons. The fourth-order valence-corrected chi connectivity index (χ4v) is 2.30. The zero-order chi connectivity index (χ0) is 12.8. The summed E-state index contributed by atoms with van der Waals surface area (Å²) in [5, 5.41) is 3.10. The Balaban J connectivity index is 2.05. The molecule has 3 nitrogen and oxygen atoms in total. The van der Waals surface area contributed by atoms with Crippen molar-refractivity contribution in [3.63, 3.8) is 0 Å². The molecule has 0 bridgehead atoms. The van der Waals surface area contributed by atoms with E-state index in [0.717, 1.165) is 36.8 Å². The van der Waals surface area contributed by atoms with E-state index < -0.39 is 0 Å². The van der Waals surface area contributed by atoms with Gasteiger partial charge in [-0.05, 0) is 43.9 Å². The second-order valence-corrected chi connectivity index (χ2v) is 4.65. The highest BCUT2D eigenvalue weighted by Crippen LogP contribution is 2.13. The zero-order valence-electron chi connectivity index (χ0n) is 10.6. The standard InChI is InChI=1S/C15H20N2O/c16-11-10-12-6-4-5-9-14(12)15(18)17-13-7-2-1-3-8-13/h1-2,4-6,9,13H,3,7-8,10-11,16H2,(H,17,18). The number of allylic oxidation sites excluding steroid dienone is 1. The van der Waals surface area contributed by atoms with Crippen molar-refractivity contribution in [1.82, 2.24) is 5.32 Å². The van der Waals surface area contributed by atoms with Crippen LogP contribution in [0.5, 0.6) is 0 Å². The predicted molar refractivity (Wildman–Crippen MR) is 73.4 cm³/mol. The van der Waals surface area contributed by atoms with Crippen molar-refractivity contribution in [2.45, 2.75) is 31.7 Å². The van der Waals surface area contributed by atoms with Gasteiger partial charge in [-0.3, -0.25) is 4.79 Å². The maximum absolute atomic E-state index is 12.2. The van der Waals surface area contributed by atoms with Crippen LogP contribution in [0.4, 0.5) is 0 Å². The van der Waals surface area contributed by atoms with Crippen LogP contribution < -0.4 is 11.1 Å². The molecule has 0 saturated carbocycles. The Morgan fingerprint density at radius 3 is 2.89 bits per heavy atom. The van der Waals surface area contributed by atoms with E-state index in [9.17, 15) is 4.79 Å². The first-order valence-corrected chi connectivity index (χ1v) is 6.55. The van der Waals surface area contributed by atoms with Crippen LogP contribution in [0.3, 0.4) is 0 Å². The van der Waals surface area contributed by atoms with Gasteiger partial charge in [-0.2, -0.15) is 0 Å². The molecule has 1 aliphatic carbocycles. The molecule has 3 heteroatoms. The molecular weight excluding hydrogens is 224 g/mol. The minimum atomic E-state index is 0.0272. The molecule has 1 aliphatic rings. The molecule has 0 saturated heterocycles.